The summed E-state index contributed by atoms with van der Waals surface area (Å²) in [5, 5.41) is 32.0. The van der Waals surface area contributed by atoms with Gasteiger partial charge in [-0.3, -0.25) is 9.59 Å². The van der Waals surface area contributed by atoms with Crippen molar-refractivity contribution in [1.82, 2.24) is 0 Å². The SMILES string of the molecule is N#Cc1cc(C(N)=O)c2c(C(N)=O)ccc3c4c(Br)cc(C(=O)O)c5c(C(=O)O)ccc(c1c23)c54. The molecule has 0 fully saturated rings. The third kappa shape index (κ3) is 2.85. The van der Waals surface area contributed by atoms with Crippen LogP contribution in [0.3, 0.4) is 0 Å². The Morgan fingerprint density at radius 3 is 1.74 bits per heavy atom. The maximum absolute atomic E-state index is 12.4. The van der Waals surface area contributed by atoms with Crippen LogP contribution in [0.2, 0.25) is 0 Å². The minimum absolute atomic E-state index is 0.0126. The normalized spacial score (nSPS) is 11.3. The number of aromatic carboxylic acids is 2. The molecule has 0 saturated heterocycles. The maximum atomic E-state index is 12.4. The molecule has 0 spiro atoms. The molecule has 35 heavy (non-hydrogen) atoms. The lowest BCUT2D eigenvalue weighted by atomic mass is 9.82. The van der Waals surface area contributed by atoms with Gasteiger partial charge in [0.25, 0.3) is 0 Å². The lowest BCUT2D eigenvalue weighted by molar-refractivity contribution is 0.0695. The van der Waals surface area contributed by atoms with Crippen LogP contribution in [0.5, 0.6) is 0 Å². The summed E-state index contributed by atoms with van der Waals surface area (Å²) in [5.74, 6) is -4.34. The van der Waals surface area contributed by atoms with Crippen LogP contribution in [0.25, 0.3) is 43.1 Å². The standard InChI is InChI=1S/C25H12BrN3O6/c26-15-6-14(25(34)35)18-12(24(32)33)4-2-9-16-8(7-27)5-13(23(29)31)17-11(22(28)30)3-1-10(20(16)17)19(15)21(9)18/h1-6H,(H2,28,30)(H2,29,31)(H,32,33)(H,34,35). The monoisotopic (exact) mass is 529 g/mol. The summed E-state index contributed by atoms with van der Waals surface area (Å²) in [6.45, 7) is 0. The summed E-state index contributed by atoms with van der Waals surface area (Å²) in [5.41, 5.74) is 10.7. The minimum Gasteiger partial charge on any atom is -0.478 e. The molecule has 5 aromatic carbocycles. The number of carbonyl (C=O) groups excluding carboxylic acids is 2. The summed E-state index contributed by atoms with van der Waals surface area (Å²) in [4.78, 5) is 48.8. The molecule has 2 amide bonds. The van der Waals surface area contributed by atoms with E-state index in [0.717, 1.165) is 0 Å². The second-order valence-corrected chi connectivity index (χ2v) is 8.75. The van der Waals surface area contributed by atoms with E-state index in [2.05, 4.69) is 15.9 Å². The van der Waals surface area contributed by atoms with Crippen molar-refractivity contribution in [2.45, 2.75) is 0 Å². The Labute approximate surface area is 203 Å². The van der Waals surface area contributed by atoms with Crippen LogP contribution in [0.4, 0.5) is 0 Å². The van der Waals surface area contributed by atoms with Gasteiger partial charge >= 0.3 is 11.9 Å². The first-order valence-electron chi connectivity index (χ1n) is 9.98. The van der Waals surface area contributed by atoms with E-state index < -0.39 is 23.8 Å². The number of rotatable bonds is 4. The highest BCUT2D eigenvalue weighted by Crippen LogP contribution is 2.47. The third-order valence-electron chi connectivity index (χ3n) is 6.17. The van der Waals surface area contributed by atoms with Gasteiger partial charge in [0.1, 0.15) is 0 Å². The number of nitrogens with two attached hydrogens (primary N) is 2. The number of nitrogens with zero attached hydrogens (tertiary/aromatic N) is 1. The van der Waals surface area contributed by atoms with Crippen LogP contribution < -0.4 is 11.5 Å². The molecule has 0 atom stereocenters. The first-order valence-corrected chi connectivity index (χ1v) is 10.8. The Bertz CT molecular complexity index is 1890. The van der Waals surface area contributed by atoms with Gasteiger partial charge in [-0.2, -0.15) is 5.26 Å². The Hall–Kier alpha value is -4.75. The lowest BCUT2D eigenvalue weighted by Crippen LogP contribution is -2.17. The summed E-state index contributed by atoms with van der Waals surface area (Å²) >= 11 is 3.41. The number of fused-ring (bicyclic) bond motifs is 2. The van der Waals surface area contributed by atoms with Crippen LogP contribution in [-0.4, -0.2) is 34.0 Å². The second kappa shape index (κ2) is 7.38. The largest absolute Gasteiger partial charge is 0.478 e. The van der Waals surface area contributed by atoms with Gasteiger partial charge in [-0.05, 0) is 35.0 Å². The van der Waals surface area contributed by atoms with Gasteiger partial charge in [-0.15, -0.1) is 0 Å². The summed E-state index contributed by atoms with van der Waals surface area (Å²) < 4.78 is 0.341. The summed E-state index contributed by atoms with van der Waals surface area (Å²) in [7, 11) is 0. The maximum Gasteiger partial charge on any atom is 0.336 e. The van der Waals surface area contributed by atoms with E-state index in [4.69, 9.17) is 11.5 Å². The van der Waals surface area contributed by atoms with Crippen molar-refractivity contribution in [3.8, 4) is 6.07 Å². The van der Waals surface area contributed by atoms with Crippen LogP contribution in [0.1, 0.15) is 47.0 Å². The molecule has 170 valence electrons. The van der Waals surface area contributed by atoms with E-state index in [0.29, 0.717) is 36.8 Å². The molecule has 10 heteroatoms. The van der Waals surface area contributed by atoms with Crippen molar-refractivity contribution in [2.24, 2.45) is 11.5 Å². The summed E-state index contributed by atoms with van der Waals surface area (Å²) in [6, 6.07) is 10.3. The number of hydrogen-bond acceptors (Lipinski definition) is 5. The van der Waals surface area contributed by atoms with Gasteiger partial charge in [-0.25, -0.2) is 9.59 Å². The smallest absolute Gasteiger partial charge is 0.336 e. The van der Waals surface area contributed by atoms with Crippen molar-refractivity contribution in [3.63, 3.8) is 0 Å². The topological polar surface area (TPSA) is 185 Å². The lowest BCUT2D eigenvalue weighted by Gasteiger charge is -2.20. The molecule has 0 bridgehead atoms. The van der Waals surface area contributed by atoms with Crippen molar-refractivity contribution in [3.05, 3.63) is 68.7 Å². The molecule has 0 saturated carbocycles. The van der Waals surface area contributed by atoms with Crippen molar-refractivity contribution >= 4 is 82.8 Å². The van der Waals surface area contributed by atoms with Crippen molar-refractivity contribution < 1.29 is 29.4 Å². The van der Waals surface area contributed by atoms with Gasteiger partial charge in [0.05, 0.1) is 22.8 Å². The fourth-order valence-corrected chi connectivity index (χ4v) is 5.53. The first-order chi connectivity index (χ1) is 16.6. The number of carboxylic acids is 2. The van der Waals surface area contributed by atoms with Gasteiger partial charge < -0.3 is 21.7 Å². The molecule has 0 aromatic heterocycles. The predicted molar refractivity (Wildman–Crippen MR) is 131 cm³/mol. The average molecular weight is 530 g/mol. The van der Waals surface area contributed by atoms with Gasteiger partial charge in [0.15, 0.2) is 0 Å². The van der Waals surface area contributed by atoms with Crippen molar-refractivity contribution in [1.29, 1.82) is 5.26 Å². The molecule has 9 nitrogen and oxygen atoms in total. The Balaban J connectivity index is 2.28. The molecule has 6 N–H and O–H groups in total. The number of hydrogen-bond donors (Lipinski definition) is 4. The molecule has 5 rings (SSSR count). The fourth-order valence-electron chi connectivity index (χ4n) is 4.89. The van der Waals surface area contributed by atoms with E-state index in [1.165, 1.54) is 30.3 Å². The molecule has 0 heterocycles. The van der Waals surface area contributed by atoms with E-state index >= 15 is 0 Å². The van der Waals surface area contributed by atoms with Gasteiger partial charge in [0.2, 0.25) is 11.8 Å². The van der Waals surface area contributed by atoms with E-state index in [9.17, 15) is 34.7 Å². The second-order valence-electron chi connectivity index (χ2n) is 7.90. The molecule has 5 aromatic rings. The molecule has 0 aliphatic rings. The zero-order chi connectivity index (χ0) is 25.3. The Morgan fingerprint density at radius 2 is 1.20 bits per heavy atom. The Kier molecular flexibility index (Phi) is 4.65. The number of benzene rings is 5. The number of primary amides is 2. The van der Waals surface area contributed by atoms with Crippen LogP contribution in [-0.2, 0) is 0 Å². The molecular formula is C25H12BrN3O6. The summed E-state index contributed by atoms with van der Waals surface area (Å²) in [6.07, 6.45) is 0. The third-order valence-corrected chi connectivity index (χ3v) is 6.79. The number of carboxylic acid groups (broad SMARTS) is 2. The van der Waals surface area contributed by atoms with E-state index in [1.54, 1.807) is 6.07 Å². The fraction of sp³-hybridized carbons (Fsp3) is 0. The van der Waals surface area contributed by atoms with Gasteiger partial charge in [-0.1, -0.05) is 28.1 Å². The van der Waals surface area contributed by atoms with E-state index in [-0.39, 0.29) is 38.6 Å². The molecular weight excluding hydrogens is 518 g/mol. The molecule has 0 radical (unpaired) electrons. The first kappa shape index (κ1) is 22.1. The molecule has 0 unspecified atom stereocenters. The van der Waals surface area contributed by atoms with Crippen molar-refractivity contribution in [2.75, 3.05) is 0 Å². The molecule has 0 aliphatic carbocycles. The number of amides is 2. The Morgan fingerprint density at radius 1 is 0.686 bits per heavy atom. The minimum atomic E-state index is -1.33. The van der Waals surface area contributed by atoms with Crippen LogP contribution in [0, 0.1) is 11.3 Å². The molecule has 0 aliphatic heterocycles. The average Bonchev–Trinajstić information content (AvgIpc) is 2.81. The highest BCUT2D eigenvalue weighted by Gasteiger charge is 2.27. The quantitative estimate of drug-likeness (QED) is 0.200. The highest BCUT2D eigenvalue weighted by atomic mass is 79.9. The number of nitriles is 1. The zero-order valence-electron chi connectivity index (χ0n) is 17.5. The zero-order valence-corrected chi connectivity index (χ0v) is 19.1. The van der Waals surface area contributed by atoms with Crippen LogP contribution >= 0.6 is 15.9 Å². The van der Waals surface area contributed by atoms with E-state index in [1.807, 2.05) is 6.07 Å². The highest BCUT2D eigenvalue weighted by molar-refractivity contribution is 9.10. The van der Waals surface area contributed by atoms with Gasteiger partial charge in [0, 0.05) is 47.9 Å². The number of halogens is 1. The predicted octanol–water partition coefficient (Wildman–Crippen LogP) is 3.97. The number of carbonyl (C=O) groups is 4. The van der Waals surface area contributed by atoms with Crippen LogP contribution in [0.15, 0.2) is 40.9 Å².